The minimum Gasteiger partial charge on any atom is -0.294 e. The quantitative estimate of drug-likeness (QED) is 0.743. The van der Waals surface area contributed by atoms with Crippen LogP contribution < -0.4 is 5.56 Å². The third-order valence-electron chi connectivity index (χ3n) is 2.40. The second-order valence-electron chi connectivity index (χ2n) is 3.66. The van der Waals surface area contributed by atoms with Gasteiger partial charge in [0.2, 0.25) is 0 Å². The van der Waals surface area contributed by atoms with E-state index in [4.69, 9.17) is 0 Å². The summed E-state index contributed by atoms with van der Waals surface area (Å²) < 4.78 is 14.3. The molecule has 0 aliphatic heterocycles. The number of halogens is 1. The van der Waals surface area contributed by atoms with Crippen molar-refractivity contribution in [3.8, 4) is 5.69 Å². The first-order chi connectivity index (χ1) is 8.08. The van der Waals surface area contributed by atoms with E-state index in [0.717, 1.165) is 0 Å². The molecular weight excluding hydrogens is 221 g/mol. The average Bonchev–Trinajstić information content (AvgIpc) is 2.29. The summed E-state index contributed by atoms with van der Waals surface area (Å²) in [5, 5.41) is 0. The molecule has 0 saturated carbocycles. The molecule has 3 nitrogen and oxygen atoms in total. The van der Waals surface area contributed by atoms with Crippen LogP contribution in [-0.2, 0) is 0 Å². The van der Waals surface area contributed by atoms with Gasteiger partial charge in [-0.3, -0.25) is 14.2 Å². The van der Waals surface area contributed by atoms with Gasteiger partial charge in [-0.25, -0.2) is 4.39 Å². The molecule has 2 aromatic rings. The summed E-state index contributed by atoms with van der Waals surface area (Å²) in [6.45, 7) is 1.41. The van der Waals surface area contributed by atoms with Crippen molar-refractivity contribution >= 4 is 5.78 Å². The van der Waals surface area contributed by atoms with Crippen LogP contribution in [0, 0.1) is 5.82 Å². The predicted octanol–water partition coefficient (Wildman–Crippen LogP) is 2.18. The van der Waals surface area contributed by atoms with Crippen LogP contribution in [0.1, 0.15) is 17.3 Å². The zero-order valence-electron chi connectivity index (χ0n) is 9.18. The first kappa shape index (κ1) is 11.3. The maximum absolute atomic E-state index is 13.1. The predicted molar refractivity (Wildman–Crippen MR) is 62.0 cm³/mol. The second kappa shape index (κ2) is 4.33. The van der Waals surface area contributed by atoms with Gasteiger partial charge in [-0.1, -0.05) is 6.07 Å². The van der Waals surface area contributed by atoms with Crippen LogP contribution in [0.3, 0.4) is 0 Å². The number of carbonyl (C=O) groups excluding carboxylic acids is 1. The van der Waals surface area contributed by atoms with Crippen molar-refractivity contribution in [1.82, 2.24) is 4.57 Å². The summed E-state index contributed by atoms with van der Waals surface area (Å²) in [4.78, 5) is 22.9. The van der Waals surface area contributed by atoms with Crippen LogP contribution in [-0.4, -0.2) is 10.4 Å². The van der Waals surface area contributed by atoms with Gasteiger partial charge in [0.25, 0.3) is 5.56 Å². The summed E-state index contributed by atoms with van der Waals surface area (Å²) in [6, 6.07) is 8.41. The van der Waals surface area contributed by atoms with E-state index in [-0.39, 0.29) is 11.3 Å². The van der Waals surface area contributed by atoms with Crippen LogP contribution in [0.4, 0.5) is 4.39 Å². The lowest BCUT2D eigenvalue weighted by Crippen LogP contribution is -2.18. The van der Waals surface area contributed by atoms with E-state index < -0.39 is 5.82 Å². The van der Waals surface area contributed by atoms with Crippen LogP contribution in [0.15, 0.2) is 47.4 Å². The lowest BCUT2D eigenvalue weighted by atomic mass is 10.2. The Kier molecular flexibility index (Phi) is 2.87. The second-order valence-corrected chi connectivity index (χ2v) is 3.66. The number of Topliss-reactive ketones (excluding diaryl/α,β-unsaturated/α-hetero) is 1. The molecule has 0 amide bonds. The van der Waals surface area contributed by atoms with Crippen molar-refractivity contribution in [2.75, 3.05) is 0 Å². The van der Waals surface area contributed by atoms with Gasteiger partial charge >= 0.3 is 0 Å². The van der Waals surface area contributed by atoms with E-state index in [9.17, 15) is 14.0 Å². The molecule has 0 atom stereocenters. The van der Waals surface area contributed by atoms with Crippen molar-refractivity contribution in [3.63, 3.8) is 0 Å². The fraction of sp³-hybridized carbons (Fsp3) is 0.0769. The van der Waals surface area contributed by atoms with Gasteiger partial charge in [0.15, 0.2) is 5.78 Å². The molecular formula is C13H10FNO2. The Bertz CT molecular complexity index is 631. The van der Waals surface area contributed by atoms with E-state index in [0.29, 0.717) is 11.3 Å². The molecule has 0 unspecified atom stereocenters. The summed E-state index contributed by atoms with van der Waals surface area (Å²) in [6.07, 6.45) is 1.42. The third-order valence-corrected chi connectivity index (χ3v) is 2.40. The molecule has 0 N–H and O–H groups in total. The highest BCUT2D eigenvalue weighted by Crippen LogP contribution is 2.08. The molecule has 0 bridgehead atoms. The molecule has 17 heavy (non-hydrogen) atoms. The maximum atomic E-state index is 13.1. The lowest BCUT2D eigenvalue weighted by Gasteiger charge is -2.06. The van der Waals surface area contributed by atoms with Crippen molar-refractivity contribution in [2.45, 2.75) is 6.92 Å². The third kappa shape index (κ3) is 2.30. The van der Waals surface area contributed by atoms with E-state index >= 15 is 0 Å². The smallest absolute Gasteiger partial charge is 0.255 e. The largest absolute Gasteiger partial charge is 0.294 e. The minimum absolute atomic E-state index is 0.143. The lowest BCUT2D eigenvalue weighted by molar-refractivity contribution is 0.101. The topological polar surface area (TPSA) is 39.1 Å². The van der Waals surface area contributed by atoms with Crippen molar-refractivity contribution < 1.29 is 9.18 Å². The highest BCUT2D eigenvalue weighted by atomic mass is 19.1. The first-order valence-electron chi connectivity index (χ1n) is 5.07. The number of hydrogen-bond donors (Lipinski definition) is 0. The molecule has 1 heterocycles. The molecule has 0 aliphatic rings. The van der Waals surface area contributed by atoms with Crippen LogP contribution in [0.25, 0.3) is 5.69 Å². The van der Waals surface area contributed by atoms with Gasteiger partial charge in [-0.05, 0) is 31.2 Å². The molecule has 86 valence electrons. The van der Waals surface area contributed by atoms with Gasteiger partial charge in [0.05, 0.1) is 5.69 Å². The van der Waals surface area contributed by atoms with Crippen LogP contribution >= 0.6 is 0 Å². The molecule has 1 aromatic heterocycles. The number of hydrogen-bond acceptors (Lipinski definition) is 2. The van der Waals surface area contributed by atoms with E-state index in [2.05, 4.69) is 0 Å². The molecule has 4 heteroatoms. The summed E-state index contributed by atoms with van der Waals surface area (Å²) in [5.74, 6) is -0.571. The monoisotopic (exact) mass is 231 g/mol. The fourth-order valence-electron chi connectivity index (χ4n) is 1.52. The van der Waals surface area contributed by atoms with Crippen molar-refractivity contribution in [2.24, 2.45) is 0 Å². The van der Waals surface area contributed by atoms with Gasteiger partial charge in [0, 0.05) is 17.8 Å². The van der Waals surface area contributed by atoms with Crippen molar-refractivity contribution in [1.29, 1.82) is 0 Å². The summed E-state index contributed by atoms with van der Waals surface area (Å²) >= 11 is 0. The number of pyridine rings is 1. The van der Waals surface area contributed by atoms with Crippen LogP contribution in [0.5, 0.6) is 0 Å². The first-order valence-corrected chi connectivity index (χ1v) is 5.07. The standard InChI is InChI=1S/C13H10FNO2/c1-9(16)10-5-6-13(17)15(8-10)12-4-2-3-11(14)7-12/h2-8H,1H3. The molecule has 0 aliphatic carbocycles. The number of carbonyl (C=O) groups is 1. The molecule has 0 radical (unpaired) electrons. The summed E-state index contributed by atoms with van der Waals surface area (Å²) in [7, 11) is 0. The van der Waals surface area contributed by atoms with E-state index in [1.807, 2.05) is 0 Å². The maximum Gasteiger partial charge on any atom is 0.255 e. The Hall–Kier alpha value is -2.23. The normalized spacial score (nSPS) is 10.2. The molecule has 0 fully saturated rings. The van der Waals surface area contributed by atoms with E-state index in [1.165, 1.54) is 48.0 Å². The minimum atomic E-state index is -0.428. The Morgan fingerprint density at radius 3 is 2.65 bits per heavy atom. The molecule has 1 aromatic carbocycles. The van der Waals surface area contributed by atoms with Crippen LogP contribution in [0.2, 0.25) is 0 Å². The molecule has 0 spiro atoms. The van der Waals surface area contributed by atoms with E-state index in [1.54, 1.807) is 6.07 Å². The fourth-order valence-corrected chi connectivity index (χ4v) is 1.52. The van der Waals surface area contributed by atoms with Gasteiger partial charge in [-0.15, -0.1) is 0 Å². The van der Waals surface area contributed by atoms with Crippen molar-refractivity contribution in [3.05, 3.63) is 64.3 Å². The Balaban J connectivity index is 2.62. The SMILES string of the molecule is CC(=O)c1ccc(=O)n(-c2cccc(F)c2)c1. The van der Waals surface area contributed by atoms with Gasteiger partial charge in [0.1, 0.15) is 5.82 Å². The summed E-state index contributed by atoms with van der Waals surface area (Å²) in [5.41, 5.74) is 0.507. The Morgan fingerprint density at radius 2 is 2.00 bits per heavy atom. The van der Waals surface area contributed by atoms with Gasteiger partial charge in [-0.2, -0.15) is 0 Å². The number of aromatic nitrogens is 1. The number of ketones is 1. The number of benzene rings is 1. The average molecular weight is 231 g/mol. The Labute approximate surface area is 97.1 Å². The highest BCUT2D eigenvalue weighted by Gasteiger charge is 2.05. The number of nitrogens with zero attached hydrogens (tertiary/aromatic N) is 1. The van der Waals surface area contributed by atoms with Gasteiger partial charge < -0.3 is 0 Å². The molecule has 2 rings (SSSR count). The molecule has 0 saturated heterocycles. The zero-order chi connectivity index (χ0) is 12.4. The zero-order valence-corrected chi connectivity index (χ0v) is 9.18. The highest BCUT2D eigenvalue weighted by molar-refractivity contribution is 5.93. The Morgan fingerprint density at radius 1 is 1.24 bits per heavy atom. The number of rotatable bonds is 2.